The number of thiophene rings is 1. The summed E-state index contributed by atoms with van der Waals surface area (Å²) < 4.78 is 35.8. The van der Waals surface area contributed by atoms with Gasteiger partial charge in [0, 0.05) is 15.3 Å². The lowest BCUT2D eigenvalue weighted by molar-refractivity contribution is -0.170. The molecule has 0 N–H and O–H groups in total. The van der Waals surface area contributed by atoms with E-state index in [4.69, 9.17) is 0 Å². The number of carbonyl (C=O) groups is 2. The maximum atomic E-state index is 11.9. The van der Waals surface area contributed by atoms with Gasteiger partial charge in [-0.3, -0.25) is 9.59 Å². The van der Waals surface area contributed by atoms with Crippen molar-refractivity contribution in [1.82, 2.24) is 0 Å². The van der Waals surface area contributed by atoms with Gasteiger partial charge in [0.2, 0.25) is 5.78 Å². The minimum absolute atomic E-state index is 0.208. The summed E-state index contributed by atoms with van der Waals surface area (Å²) in [5, 5.41) is 0. The molecule has 0 radical (unpaired) electrons. The van der Waals surface area contributed by atoms with Gasteiger partial charge in [-0.25, -0.2) is 0 Å². The quantitative estimate of drug-likeness (QED) is 0.610. The van der Waals surface area contributed by atoms with E-state index in [1.807, 2.05) is 0 Å². The second-order valence-corrected chi connectivity index (χ2v) is 4.81. The summed E-state index contributed by atoms with van der Waals surface area (Å²) in [6.45, 7) is 3.39. The molecule has 88 valence electrons. The van der Waals surface area contributed by atoms with Crippen LogP contribution >= 0.6 is 11.3 Å². The van der Waals surface area contributed by atoms with Crippen molar-refractivity contribution in [3.63, 3.8) is 0 Å². The molecule has 1 aromatic rings. The molecule has 16 heavy (non-hydrogen) atoms. The molecule has 6 heteroatoms. The fraction of sp³-hybridized carbons (Fsp3) is 0.400. The molecule has 0 unspecified atom stereocenters. The molecule has 0 aliphatic rings. The van der Waals surface area contributed by atoms with Gasteiger partial charge in [0.1, 0.15) is 0 Å². The van der Waals surface area contributed by atoms with Crippen molar-refractivity contribution in [2.45, 2.75) is 26.4 Å². The zero-order valence-electron chi connectivity index (χ0n) is 8.64. The summed E-state index contributed by atoms with van der Waals surface area (Å²) >= 11 is 1.32. The van der Waals surface area contributed by atoms with E-state index in [0.29, 0.717) is 4.88 Å². The molecule has 0 fully saturated rings. The van der Waals surface area contributed by atoms with E-state index in [0.717, 1.165) is 4.88 Å². The smallest absolute Gasteiger partial charge is 0.294 e. The van der Waals surface area contributed by atoms with Crippen molar-refractivity contribution in [2.24, 2.45) is 0 Å². The van der Waals surface area contributed by atoms with E-state index < -0.39 is 24.2 Å². The molecule has 0 aromatic carbocycles. The van der Waals surface area contributed by atoms with E-state index in [-0.39, 0.29) is 5.56 Å². The number of Topliss-reactive ketones (excluding diaryl/α,β-unsaturated/α-hetero) is 2. The number of ketones is 2. The Morgan fingerprint density at radius 3 is 2.25 bits per heavy atom. The lowest BCUT2D eigenvalue weighted by atomic mass is 10.1. The van der Waals surface area contributed by atoms with Crippen molar-refractivity contribution in [1.29, 1.82) is 0 Å². The van der Waals surface area contributed by atoms with Gasteiger partial charge >= 0.3 is 6.18 Å². The molecule has 0 saturated carbocycles. The summed E-state index contributed by atoms with van der Waals surface area (Å²) in [5.74, 6) is -2.77. The lowest BCUT2D eigenvalue weighted by Crippen LogP contribution is -2.25. The molecule has 2 nitrogen and oxygen atoms in total. The van der Waals surface area contributed by atoms with Crippen molar-refractivity contribution in [3.05, 3.63) is 21.4 Å². The molecule has 0 amide bonds. The van der Waals surface area contributed by atoms with Crippen LogP contribution in [0.5, 0.6) is 0 Å². The first kappa shape index (κ1) is 12.9. The van der Waals surface area contributed by atoms with Crippen molar-refractivity contribution in [3.8, 4) is 0 Å². The predicted octanol–water partition coefficient (Wildman–Crippen LogP) is 3.07. The van der Waals surface area contributed by atoms with Crippen LogP contribution < -0.4 is 0 Å². The van der Waals surface area contributed by atoms with E-state index in [9.17, 15) is 22.8 Å². The third-order valence-corrected chi connectivity index (χ3v) is 2.94. The maximum absolute atomic E-state index is 11.9. The molecule has 0 aliphatic carbocycles. The Hall–Kier alpha value is -1.17. The van der Waals surface area contributed by atoms with Crippen LogP contribution in [-0.4, -0.2) is 17.7 Å². The number of carbonyl (C=O) groups excluding carboxylic acids is 2. The number of aryl methyl sites for hydroxylation is 2. The molecule has 0 spiro atoms. The standard InChI is InChI=1S/C10H9F3O2S/c1-5-3-7(6(2)16-5)8(14)4-9(15)10(11,12)13/h3H,4H2,1-2H3. The normalized spacial score (nSPS) is 11.6. The Bertz CT molecular complexity index is 432. The average molecular weight is 250 g/mol. The van der Waals surface area contributed by atoms with Gasteiger partial charge in [-0.1, -0.05) is 0 Å². The minimum Gasteiger partial charge on any atom is -0.294 e. The van der Waals surface area contributed by atoms with Crippen LogP contribution in [-0.2, 0) is 4.79 Å². The number of hydrogen-bond donors (Lipinski definition) is 0. The summed E-state index contributed by atoms with van der Waals surface area (Å²) in [6, 6.07) is 1.51. The van der Waals surface area contributed by atoms with Crippen molar-refractivity contribution in [2.75, 3.05) is 0 Å². The second-order valence-electron chi connectivity index (χ2n) is 3.35. The second kappa shape index (κ2) is 4.37. The molecular formula is C10H9F3O2S. The highest BCUT2D eigenvalue weighted by atomic mass is 32.1. The Labute approximate surface area is 94.1 Å². The highest BCUT2D eigenvalue weighted by molar-refractivity contribution is 7.12. The van der Waals surface area contributed by atoms with E-state index in [1.54, 1.807) is 13.8 Å². The molecule has 0 atom stereocenters. The fourth-order valence-corrected chi connectivity index (χ4v) is 2.19. The lowest BCUT2D eigenvalue weighted by Gasteiger charge is -2.03. The first-order valence-corrected chi connectivity index (χ1v) is 5.23. The van der Waals surface area contributed by atoms with Gasteiger partial charge in [0.05, 0.1) is 6.42 Å². The first-order chi connectivity index (χ1) is 7.21. The van der Waals surface area contributed by atoms with Crippen LogP contribution in [0.3, 0.4) is 0 Å². The Morgan fingerprint density at radius 2 is 1.88 bits per heavy atom. The Kier molecular flexibility index (Phi) is 3.52. The third kappa shape index (κ3) is 2.91. The van der Waals surface area contributed by atoms with E-state index >= 15 is 0 Å². The van der Waals surface area contributed by atoms with Crippen LogP contribution in [0.4, 0.5) is 13.2 Å². The molecule has 1 aromatic heterocycles. The predicted molar refractivity (Wildman–Crippen MR) is 53.8 cm³/mol. The molecule has 0 saturated heterocycles. The number of hydrogen-bond acceptors (Lipinski definition) is 3. The van der Waals surface area contributed by atoms with Gasteiger partial charge in [-0.15, -0.1) is 11.3 Å². The topological polar surface area (TPSA) is 34.1 Å². The van der Waals surface area contributed by atoms with Gasteiger partial charge in [-0.05, 0) is 19.9 Å². The zero-order chi connectivity index (χ0) is 12.5. The summed E-state index contributed by atoms with van der Waals surface area (Å²) in [6.07, 6.45) is -6.05. The number of alkyl halides is 3. The van der Waals surface area contributed by atoms with Crippen LogP contribution in [0.1, 0.15) is 26.5 Å². The Balaban J connectivity index is 2.81. The number of rotatable bonds is 3. The maximum Gasteiger partial charge on any atom is 0.450 e. The van der Waals surface area contributed by atoms with Crippen LogP contribution in [0.25, 0.3) is 0 Å². The van der Waals surface area contributed by atoms with Crippen LogP contribution in [0, 0.1) is 13.8 Å². The summed E-state index contributed by atoms with van der Waals surface area (Å²) in [4.78, 5) is 23.5. The molecular weight excluding hydrogens is 241 g/mol. The van der Waals surface area contributed by atoms with E-state index in [2.05, 4.69) is 0 Å². The summed E-state index contributed by atoms with van der Waals surface area (Å²) in [7, 11) is 0. The van der Waals surface area contributed by atoms with Crippen molar-refractivity contribution < 1.29 is 22.8 Å². The molecule has 1 rings (SSSR count). The van der Waals surface area contributed by atoms with Gasteiger partial charge in [0.15, 0.2) is 5.78 Å². The van der Waals surface area contributed by atoms with E-state index in [1.165, 1.54) is 17.4 Å². The summed E-state index contributed by atoms with van der Waals surface area (Å²) in [5.41, 5.74) is 0.208. The minimum atomic E-state index is -4.94. The number of halogens is 3. The average Bonchev–Trinajstić information content (AvgIpc) is 2.43. The van der Waals surface area contributed by atoms with Crippen LogP contribution in [0.15, 0.2) is 6.07 Å². The first-order valence-electron chi connectivity index (χ1n) is 4.42. The van der Waals surface area contributed by atoms with Crippen LogP contribution in [0.2, 0.25) is 0 Å². The van der Waals surface area contributed by atoms with Crippen molar-refractivity contribution >= 4 is 22.9 Å². The molecule has 0 bridgehead atoms. The zero-order valence-corrected chi connectivity index (χ0v) is 9.46. The molecule has 1 heterocycles. The van der Waals surface area contributed by atoms with Gasteiger partial charge < -0.3 is 0 Å². The van der Waals surface area contributed by atoms with Gasteiger partial charge in [0.25, 0.3) is 0 Å². The SMILES string of the molecule is Cc1cc(C(=O)CC(=O)C(F)(F)F)c(C)s1. The third-order valence-electron chi connectivity index (χ3n) is 1.98. The fourth-order valence-electron chi connectivity index (χ4n) is 1.25. The monoisotopic (exact) mass is 250 g/mol. The highest BCUT2D eigenvalue weighted by Crippen LogP contribution is 2.24. The Morgan fingerprint density at radius 1 is 1.31 bits per heavy atom. The largest absolute Gasteiger partial charge is 0.450 e. The highest BCUT2D eigenvalue weighted by Gasteiger charge is 2.39. The molecule has 0 aliphatic heterocycles. The van der Waals surface area contributed by atoms with Gasteiger partial charge in [-0.2, -0.15) is 13.2 Å².